The first kappa shape index (κ1) is 30.4. The number of hydrogen-bond donors (Lipinski definition) is 0. The lowest BCUT2D eigenvalue weighted by molar-refractivity contribution is -0.150. The Bertz CT molecular complexity index is 1010. The van der Waals surface area contributed by atoms with E-state index in [0.717, 1.165) is 65.0 Å². The molecular weight excluding hydrogens is 512 g/mol. The molecule has 0 spiro atoms. The molecular formula is C32H44O8. The van der Waals surface area contributed by atoms with E-state index in [0.29, 0.717) is 61.5 Å². The number of esters is 2. The molecule has 220 valence electrons. The first-order valence-corrected chi connectivity index (χ1v) is 14.7. The fourth-order valence-corrected chi connectivity index (χ4v) is 4.89. The van der Waals surface area contributed by atoms with Gasteiger partial charge in [0.2, 0.25) is 0 Å². The molecule has 2 aliphatic rings. The summed E-state index contributed by atoms with van der Waals surface area (Å²) >= 11 is 0. The third kappa shape index (κ3) is 7.81. The largest absolute Gasteiger partial charge is 0.462 e. The van der Waals surface area contributed by atoms with Gasteiger partial charge in [-0.3, -0.25) is 0 Å². The van der Waals surface area contributed by atoms with Crippen molar-refractivity contribution in [3.8, 4) is 0 Å². The van der Waals surface area contributed by atoms with E-state index in [2.05, 4.69) is 13.8 Å². The summed E-state index contributed by atoms with van der Waals surface area (Å²) in [4.78, 5) is 25.7. The maximum Gasteiger partial charge on any atom is 0.338 e. The molecule has 2 heterocycles. The van der Waals surface area contributed by atoms with Crippen molar-refractivity contribution >= 4 is 22.7 Å². The number of fused-ring (bicyclic) bond motifs is 1. The highest BCUT2D eigenvalue weighted by molar-refractivity contribution is 6.11. The van der Waals surface area contributed by atoms with Gasteiger partial charge in [0.25, 0.3) is 0 Å². The maximum atomic E-state index is 12.8. The Hall–Kier alpha value is -2.52. The molecule has 4 rings (SSSR count). The summed E-state index contributed by atoms with van der Waals surface area (Å²) in [6.07, 6.45) is 5.20. The minimum atomic E-state index is -0.396. The molecule has 0 unspecified atom stereocenters. The van der Waals surface area contributed by atoms with E-state index >= 15 is 0 Å². The number of benzene rings is 2. The lowest BCUT2D eigenvalue weighted by Crippen LogP contribution is -2.45. The third-order valence-electron chi connectivity index (χ3n) is 8.15. The standard InChI is InChI=1S/C32H44O8/c1-3-31(21-37-22-31)19-35-15-7-9-17-39-29(33)27-13-14-28(26-12-6-5-11-25(26)27)30(34)40-18-10-8-16-36-20-32(4-2)23-38-24-32/h5-6,11-14H,3-4,7-10,15-24H2,1-2H3. The zero-order valence-electron chi connectivity index (χ0n) is 24.0. The van der Waals surface area contributed by atoms with Gasteiger partial charge in [0, 0.05) is 24.0 Å². The van der Waals surface area contributed by atoms with Gasteiger partial charge in [-0.1, -0.05) is 38.1 Å². The highest BCUT2D eigenvalue weighted by Crippen LogP contribution is 2.32. The van der Waals surface area contributed by atoms with E-state index in [1.165, 1.54) is 0 Å². The van der Waals surface area contributed by atoms with E-state index in [1.807, 2.05) is 24.3 Å². The zero-order chi connectivity index (χ0) is 28.3. The fourth-order valence-electron chi connectivity index (χ4n) is 4.89. The van der Waals surface area contributed by atoms with Crippen LogP contribution in [0.25, 0.3) is 10.8 Å². The molecule has 0 saturated carbocycles. The van der Waals surface area contributed by atoms with Crippen LogP contribution >= 0.6 is 0 Å². The molecule has 2 saturated heterocycles. The summed E-state index contributed by atoms with van der Waals surface area (Å²) in [6, 6.07) is 10.7. The summed E-state index contributed by atoms with van der Waals surface area (Å²) in [6.45, 7) is 10.8. The number of unbranched alkanes of at least 4 members (excludes halogenated alkanes) is 2. The van der Waals surface area contributed by atoms with Crippen molar-refractivity contribution in [1.82, 2.24) is 0 Å². The van der Waals surface area contributed by atoms with Crippen LogP contribution in [0.1, 0.15) is 73.1 Å². The lowest BCUT2D eigenvalue weighted by Gasteiger charge is -2.40. The minimum absolute atomic E-state index is 0.185. The first-order chi connectivity index (χ1) is 19.5. The van der Waals surface area contributed by atoms with Crippen LogP contribution in [0.15, 0.2) is 36.4 Å². The van der Waals surface area contributed by atoms with Crippen LogP contribution in [0, 0.1) is 10.8 Å². The number of hydrogen-bond acceptors (Lipinski definition) is 8. The molecule has 2 aromatic rings. The second-order valence-corrected chi connectivity index (χ2v) is 11.2. The topological polar surface area (TPSA) is 89.5 Å². The monoisotopic (exact) mass is 556 g/mol. The molecule has 0 aromatic heterocycles. The number of rotatable bonds is 18. The molecule has 0 amide bonds. The van der Waals surface area contributed by atoms with Crippen LogP contribution in [0.5, 0.6) is 0 Å². The van der Waals surface area contributed by atoms with Gasteiger partial charge in [-0.05, 0) is 61.4 Å². The molecule has 0 aliphatic carbocycles. The second-order valence-electron chi connectivity index (χ2n) is 11.2. The van der Waals surface area contributed by atoms with Crippen molar-refractivity contribution in [1.29, 1.82) is 0 Å². The predicted molar refractivity (Wildman–Crippen MR) is 152 cm³/mol. The summed E-state index contributed by atoms with van der Waals surface area (Å²) in [5.41, 5.74) is 1.25. The third-order valence-corrected chi connectivity index (χ3v) is 8.15. The summed E-state index contributed by atoms with van der Waals surface area (Å²) in [7, 11) is 0. The highest BCUT2D eigenvalue weighted by Gasteiger charge is 2.37. The van der Waals surface area contributed by atoms with Gasteiger partial charge in [0.1, 0.15) is 0 Å². The summed E-state index contributed by atoms with van der Waals surface area (Å²) in [5, 5.41) is 1.35. The molecule has 8 heteroatoms. The Morgan fingerprint density at radius 3 is 1.40 bits per heavy atom. The smallest absolute Gasteiger partial charge is 0.338 e. The molecule has 40 heavy (non-hydrogen) atoms. The van der Waals surface area contributed by atoms with Crippen molar-refractivity contribution in [3.63, 3.8) is 0 Å². The van der Waals surface area contributed by atoms with Crippen LogP contribution in [0.2, 0.25) is 0 Å². The van der Waals surface area contributed by atoms with E-state index in [1.54, 1.807) is 12.1 Å². The van der Waals surface area contributed by atoms with Crippen LogP contribution < -0.4 is 0 Å². The molecule has 0 N–H and O–H groups in total. The lowest BCUT2D eigenvalue weighted by atomic mass is 9.84. The predicted octanol–water partition coefficient (Wildman–Crippen LogP) is 5.60. The average molecular weight is 557 g/mol. The normalized spacial score (nSPS) is 17.1. The van der Waals surface area contributed by atoms with E-state index in [9.17, 15) is 9.59 Å². The Balaban J connectivity index is 1.17. The van der Waals surface area contributed by atoms with Crippen molar-refractivity contribution < 1.29 is 38.0 Å². The van der Waals surface area contributed by atoms with E-state index in [4.69, 9.17) is 28.4 Å². The Morgan fingerprint density at radius 2 is 1.05 bits per heavy atom. The summed E-state index contributed by atoms with van der Waals surface area (Å²) in [5.74, 6) is -0.793. The van der Waals surface area contributed by atoms with Gasteiger partial charge in [0.05, 0.1) is 64.0 Å². The van der Waals surface area contributed by atoms with Gasteiger partial charge >= 0.3 is 11.9 Å². The first-order valence-electron chi connectivity index (χ1n) is 14.7. The average Bonchev–Trinajstić information content (AvgIpc) is 2.93. The van der Waals surface area contributed by atoms with Crippen molar-refractivity contribution in [2.45, 2.75) is 52.4 Å². The minimum Gasteiger partial charge on any atom is -0.462 e. The van der Waals surface area contributed by atoms with Gasteiger partial charge in [-0.15, -0.1) is 0 Å². The SMILES string of the molecule is CCC1(COCCCCOC(=O)c2ccc(C(=O)OCCCCOCC3(CC)COC3)c3ccccc23)COC1. The van der Waals surface area contributed by atoms with Gasteiger partial charge < -0.3 is 28.4 Å². The number of ether oxygens (including phenoxy) is 6. The molecule has 2 fully saturated rings. The van der Waals surface area contributed by atoms with Gasteiger partial charge in [-0.2, -0.15) is 0 Å². The molecule has 2 aliphatic heterocycles. The van der Waals surface area contributed by atoms with Crippen molar-refractivity contribution in [3.05, 3.63) is 47.5 Å². The fraction of sp³-hybridized carbons (Fsp3) is 0.625. The quantitative estimate of drug-likeness (QED) is 0.173. The Labute approximate surface area is 237 Å². The van der Waals surface area contributed by atoms with Crippen molar-refractivity contribution in [2.75, 3.05) is 66.1 Å². The molecule has 2 aromatic carbocycles. The van der Waals surface area contributed by atoms with Crippen LogP contribution in [0.4, 0.5) is 0 Å². The number of carbonyl (C=O) groups is 2. The highest BCUT2D eigenvalue weighted by atomic mass is 16.5. The maximum absolute atomic E-state index is 12.8. The number of carbonyl (C=O) groups excluding carboxylic acids is 2. The summed E-state index contributed by atoms with van der Waals surface area (Å²) < 4.78 is 33.4. The molecule has 0 radical (unpaired) electrons. The van der Waals surface area contributed by atoms with Crippen LogP contribution in [-0.4, -0.2) is 78.0 Å². The van der Waals surface area contributed by atoms with E-state index < -0.39 is 11.9 Å². The second kappa shape index (κ2) is 14.9. The van der Waals surface area contributed by atoms with Crippen LogP contribution in [-0.2, 0) is 28.4 Å². The Morgan fingerprint density at radius 1 is 0.650 bits per heavy atom. The zero-order valence-corrected chi connectivity index (χ0v) is 24.0. The van der Waals surface area contributed by atoms with Gasteiger partial charge in [-0.25, -0.2) is 9.59 Å². The molecule has 0 atom stereocenters. The molecule has 8 nitrogen and oxygen atoms in total. The van der Waals surface area contributed by atoms with Crippen molar-refractivity contribution in [2.24, 2.45) is 10.8 Å². The Kier molecular flexibility index (Phi) is 11.4. The van der Waals surface area contributed by atoms with E-state index in [-0.39, 0.29) is 10.8 Å². The van der Waals surface area contributed by atoms with Gasteiger partial charge in [0.15, 0.2) is 0 Å². The molecule has 0 bridgehead atoms. The van der Waals surface area contributed by atoms with Crippen LogP contribution in [0.3, 0.4) is 0 Å².